The molecule has 0 unspecified atom stereocenters. The molecule has 0 aliphatic heterocycles. The van der Waals surface area contributed by atoms with Gasteiger partial charge in [0, 0.05) is 5.57 Å². The summed E-state index contributed by atoms with van der Waals surface area (Å²) in [6.45, 7) is 1.91. The molecular formula is C14H16O2. The molecule has 1 aromatic carbocycles. The van der Waals surface area contributed by atoms with Crippen LogP contribution in [0.15, 0.2) is 29.8 Å². The highest BCUT2D eigenvalue weighted by Crippen LogP contribution is 2.33. The van der Waals surface area contributed by atoms with E-state index in [1.165, 1.54) is 5.56 Å². The maximum absolute atomic E-state index is 11.2. The summed E-state index contributed by atoms with van der Waals surface area (Å²) in [5.74, 6) is -0.769. The molecule has 0 atom stereocenters. The Balaban J connectivity index is 2.56. The van der Waals surface area contributed by atoms with Crippen LogP contribution >= 0.6 is 0 Å². The zero-order valence-corrected chi connectivity index (χ0v) is 9.49. The van der Waals surface area contributed by atoms with E-state index in [-0.39, 0.29) is 0 Å². The van der Waals surface area contributed by atoms with Crippen LogP contribution in [0.2, 0.25) is 0 Å². The molecule has 2 heteroatoms. The molecule has 1 aliphatic carbocycles. The fourth-order valence-electron chi connectivity index (χ4n) is 2.43. The van der Waals surface area contributed by atoms with Crippen molar-refractivity contribution in [3.05, 3.63) is 41.0 Å². The fraction of sp³-hybridized carbons (Fsp3) is 0.357. The first kappa shape index (κ1) is 10.9. The number of aliphatic carboxylic acids is 1. The number of aryl methyl sites for hydroxylation is 1. The van der Waals surface area contributed by atoms with Gasteiger partial charge in [-0.1, -0.05) is 31.2 Å². The van der Waals surface area contributed by atoms with E-state index in [1.807, 2.05) is 25.1 Å². The molecule has 1 aromatic rings. The van der Waals surface area contributed by atoms with Crippen molar-refractivity contribution < 1.29 is 9.90 Å². The number of fused-ring (bicyclic) bond motifs is 1. The van der Waals surface area contributed by atoms with Gasteiger partial charge in [-0.2, -0.15) is 0 Å². The highest BCUT2D eigenvalue weighted by molar-refractivity contribution is 5.97. The highest BCUT2D eigenvalue weighted by atomic mass is 16.4. The Morgan fingerprint density at radius 3 is 2.75 bits per heavy atom. The molecule has 0 amide bonds. The monoisotopic (exact) mass is 216 g/mol. The number of rotatable bonds is 2. The first-order chi connectivity index (χ1) is 7.74. The minimum absolute atomic E-state index is 0.576. The maximum atomic E-state index is 11.2. The van der Waals surface area contributed by atoms with Crippen LogP contribution in [0.5, 0.6) is 0 Å². The van der Waals surface area contributed by atoms with Crippen LogP contribution in [0.25, 0.3) is 5.57 Å². The second-order valence-electron chi connectivity index (χ2n) is 4.13. The van der Waals surface area contributed by atoms with Gasteiger partial charge in [-0.3, -0.25) is 0 Å². The molecule has 0 spiro atoms. The van der Waals surface area contributed by atoms with Gasteiger partial charge in [-0.25, -0.2) is 4.79 Å². The van der Waals surface area contributed by atoms with E-state index < -0.39 is 5.97 Å². The molecule has 2 nitrogen and oxygen atoms in total. The third-order valence-corrected chi connectivity index (χ3v) is 3.19. The first-order valence-corrected chi connectivity index (χ1v) is 5.77. The maximum Gasteiger partial charge on any atom is 0.331 e. The average molecular weight is 216 g/mol. The van der Waals surface area contributed by atoms with Gasteiger partial charge in [0.25, 0.3) is 0 Å². The van der Waals surface area contributed by atoms with Gasteiger partial charge < -0.3 is 5.11 Å². The van der Waals surface area contributed by atoms with E-state index in [4.69, 9.17) is 0 Å². The Bertz CT molecular complexity index is 444. The van der Waals surface area contributed by atoms with Crippen LogP contribution in [-0.2, 0) is 11.2 Å². The van der Waals surface area contributed by atoms with Crippen LogP contribution in [0.3, 0.4) is 0 Å². The number of carbonyl (C=O) groups is 1. The Hall–Kier alpha value is -1.57. The van der Waals surface area contributed by atoms with Crippen molar-refractivity contribution >= 4 is 11.5 Å². The molecule has 0 saturated carbocycles. The molecule has 0 bridgehead atoms. The molecule has 84 valence electrons. The number of hydrogen-bond donors (Lipinski definition) is 1. The van der Waals surface area contributed by atoms with E-state index >= 15 is 0 Å². The minimum Gasteiger partial charge on any atom is -0.478 e. The van der Waals surface area contributed by atoms with E-state index in [1.54, 1.807) is 0 Å². The van der Waals surface area contributed by atoms with E-state index in [2.05, 4.69) is 6.07 Å². The predicted molar refractivity (Wildman–Crippen MR) is 64.2 cm³/mol. The largest absolute Gasteiger partial charge is 0.478 e. The zero-order chi connectivity index (χ0) is 11.5. The minimum atomic E-state index is -0.769. The van der Waals surface area contributed by atoms with Crippen molar-refractivity contribution in [1.29, 1.82) is 0 Å². The SMILES string of the molecule is CCC(C(=O)O)=C1CCCc2ccccc21. The number of carboxylic acids is 1. The van der Waals surface area contributed by atoms with Gasteiger partial charge >= 0.3 is 5.97 Å². The lowest BCUT2D eigenvalue weighted by Crippen LogP contribution is -2.09. The van der Waals surface area contributed by atoms with Gasteiger partial charge in [0.1, 0.15) is 0 Å². The molecule has 2 rings (SSSR count). The van der Waals surface area contributed by atoms with E-state index in [9.17, 15) is 9.90 Å². The Labute approximate surface area is 95.6 Å². The van der Waals surface area contributed by atoms with Crippen LogP contribution in [0.1, 0.15) is 37.3 Å². The molecule has 1 N–H and O–H groups in total. The van der Waals surface area contributed by atoms with Crippen molar-refractivity contribution in [2.24, 2.45) is 0 Å². The van der Waals surface area contributed by atoms with Crippen molar-refractivity contribution in [2.45, 2.75) is 32.6 Å². The van der Waals surface area contributed by atoms with Crippen LogP contribution in [0, 0.1) is 0 Å². The number of hydrogen-bond acceptors (Lipinski definition) is 1. The molecule has 0 heterocycles. The van der Waals surface area contributed by atoms with Gasteiger partial charge in [0.2, 0.25) is 0 Å². The van der Waals surface area contributed by atoms with Crippen LogP contribution in [0.4, 0.5) is 0 Å². The molecule has 0 radical (unpaired) electrons. The summed E-state index contributed by atoms with van der Waals surface area (Å²) in [4.78, 5) is 11.2. The molecular weight excluding hydrogens is 200 g/mol. The third kappa shape index (κ3) is 1.87. The van der Waals surface area contributed by atoms with Crippen molar-refractivity contribution in [1.82, 2.24) is 0 Å². The van der Waals surface area contributed by atoms with Crippen molar-refractivity contribution in [3.8, 4) is 0 Å². The van der Waals surface area contributed by atoms with Gasteiger partial charge in [0.15, 0.2) is 0 Å². The normalized spacial score (nSPS) is 17.8. The zero-order valence-electron chi connectivity index (χ0n) is 9.49. The van der Waals surface area contributed by atoms with Crippen LogP contribution < -0.4 is 0 Å². The summed E-state index contributed by atoms with van der Waals surface area (Å²) in [5.41, 5.74) is 4.05. The summed E-state index contributed by atoms with van der Waals surface area (Å²) in [6, 6.07) is 8.15. The lowest BCUT2D eigenvalue weighted by atomic mass is 9.84. The summed E-state index contributed by atoms with van der Waals surface area (Å²) >= 11 is 0. The molecule has 0 saturated heterocycles. The quantitative estimate of drug-likeness (QED) is 0.770. The van der Waals surface area contributed by atoms with Gasteiger partial charge in [0.05, 0.1) is 0 Å². The second kappa shape index (κ2) is 4.52. The number of carboxylic acid groups (broad SMARTS) is 1. The third-order valence-electron chi connectivity index (χ3n) is 3.19. The Morgan fingerprint density at radius 1 is 1.31 bits per heavy atom. The predicted octanol–water partition coefficient (Wildman–Crippen LogP) is 3.27. The molecule has 0 fully saturated rings. The van der Waals surface area contributed by atoms with Crippen LogP contribution in [-0.4, -0.2) is 11.1 Å². The topological polar surface area (TPSA) is 37.3 Å². The van der Waals surface area contributed by atoms with Crippen molar-refractivity contribution in [2.75, 3.05) is 0 Å². The first-order valence-electron chi connectivity index (χ1n) is 5.77. The molecule has 0 aromatic heterocycles. The average Bonchev–Trinajstić information content (AvgIpc) is 2.30. The van der Waals surface area contributed by atoms with E-state index in [0.29, 0.717) is 12.0 Å². The molecule has 16 heavy (non-hydrogen) atoms. The summed E-state index contributed by atoms with van der Waals surface area (Å²) in [6.07, 6.45) is 3.62. The lowest BCUT2D eigenvalue weighted by molar-refractivity contribution is -0.132. The fourth-order valence-corrected chi connectivity index (χ4v) is 2.43. The van der Waals surface area contributed by atoms with Gasteiger partial charge in [-0.15, -0.1) is 0 Å². The Kier molecular flexibility index (Phi) is 3.09. The summed E-state index contributed by atoms with van der Waals surface area (Å²) in [5, 5.41) is 9.19. The number of allylic oxidation sites excluding steroid dienone is 1. The van der Waals surface area contributed by atoms with Crippen molar-refractivity contribution in [3.63, 3.8) is 0 Å². The smallest absolute Gasteiger partial charge is 0.331 e. The number of benzene rings is 1. The summed E-state index contributed by atoms with van der Waals surface area (Å²) in [7, 11) is 0. The highest BCUT2D eigenvalue weighted by Gasteiger charge is 2.19. The van der Waals surface area contributed by atoms with Gasteiger partial charge in [-0.05, 0) is 42.4 Å². The van der Waals surface area contributed by atoms with E-state index in [0.717, 1.165) is 30.4 Å². The Morgan fingerprint density at radius 2 is 2.06 bits per heavy atom. The summed E-state index contributed by atoms with van der Waals surface area (Å²) < 4.78 is 0. The molecule has 1 aliphatic rings. The standard InChI is InChI=1S/C14H16O2/c1-2-11(14(15)16)13-9-5-7-10-6-3-4-8-12(10)13/h3-4,6,8H,2,5,7,9H2,1H3,(H,15,16). The lowest BCUT2D eigenvalue weighted by Gasteiger charge is -2.20. The second-order valence-corrected chi connectivity index (χ2v) is 4.13.